The Labute approximate surface area is 79.7 Å². The Morgan fingerprint density at radius 3 is 2.42 bits per heavy atom. The third-order valence-electron chi connectivity index (χ3n) is 1.53. The molecule has 0 radical (unpaired) electrons. The minimum Gasteiger partial charge on any atom is -0.355 e. The number of carbonyl (C=O) groups is 1. The van der Waals surface area contributed by atoms with Crippen LogP contribution in [-0.2, 0) is 4.79 Å². The summed E-state index contributed by atoms with van der Waals surface area (Å²) < 4.78 is 0. The highest BCUT2D eigenvalue weighted by atomic mass is 35.5. The van der Waals surface area contributed by atoms with Crippen molar-refractivity contribution in [2.45, 2.75) is 39.0 Å². The van der Waals surface area contributed by atoms with E-state index in [4.69, 9.17) is 11.6 Å². The molecule has 0 rings (SSSR count). The Morgan fingerprint density at radius 2 is 2.00 bits per heavy atom. The zero-order valence-corrected chi connectivity index (χ0v) is 8.82. The quantitative estimate of drug-likeness (QED) is 0.664. The minimum absolute atomic E-state index is 0.0213. The molecule has 72 valence electrons. The average Bonchev–Trinajstić information content (AvgIpc) is 1.96. The summed E-state index contributed by atoms with van der Waals surface area (Å²) in [6, 6.07) is 0. The van der Waals surface area contributed by atoms with Gasteiger partial charge in [0.25, 0.3) is 0 Å². The van der Waals surface area contributed by atoms with Crippen molar-refractivity contribution in [2.24, 2.45) is 5.92 Å². The van der Waals surface area contributed by atoms with Crippen LogP contribution in [0.15, 0.2) is 0 Å². The third-order valence-corrected chi connectivity index (χ3v) is 1.68. The van der Waals surface area contributed by atoms with Crippen LogP contribution in [0.5, 0.6) is 0 Å². The van der Waals surface area contributed by atoms with Gasteiger partial charge in [0.1, 0.15) is 0 Å². The van der Waals surface area contributed by atoms with E-state index in [1.807, 2.05) is 6.92 Å². The maximum atomic E-state index is 11.1. The lowest BCUT2D eigenvalue weighted by atomic mass is 10.1. The molecule has 1 N–H and O–H groups in total. The van der Waals surface area contributed by atoms with E-state index < -0.39 is 0 Å². The fourth-order valence-corrected chi connectivity index (χ4v) is 0.840. The smallest absolute Gasteiger partial charge is 0.220 e. The first-order chi connectivity index (χ1) is 5.52. The van der Waals surface area contributed by atoms with E-state index in [9.17, 15) is 4.79 Å². The van der Waals surface area contributed by atoms with E-state index in [0.29, 0.717) is 18.9 Å². The van der Waals surface area contributed by atoms with Gasteiger partial charge < -0.3 is 5.32 Å². The maximum absolute atomic E-state index is 11.1. The number of hydrogen-bond acceptors (Lipinski definition) is 1. The van der Waals surface area contributed by atoms with Crippen LogP contribution in [0.3, 0.4) is 0 Å². The van der Waals surface area contributed by atoms with Gasteiger partial charge in [-0.25, -0.2) is 0 Å². The molecule has 2 nitrogen and oxygen atoms in total. The Kier molecular flexibility index (Phi) is 6.17. The number of hydrogen-bond donors (Lipinski definition) is 1. The molecule has 0 aromatic rings. The highest BCUT2D eigenvalue weighted by Crippen LogP contribution is 2.02. The molecule has 0 aliphatic carbocycles. The lowest BCUT2D eigenvalue weighted by Crippen LogP contribution is -2.28. The molecule has 0 saturated carbocycles. The molecule has 0 heterocycles. The second-order valence-electron chi connectivity index (χ2n) is 3.52. The van der Waals surface area contributed by atoms with Crippen LogP contribution >= 0.6 is 11.6 Å². The van der Waals surface area contributed by atoms with Crippen LogP contribution < -0.4 is 5.32 Å². The fraction of sp³-hybridized carbons (Fsp3) is 0.889. The van der Waals surface area contributed by atoms with Crippen molar-refractivity contribution in [2.75, 3.05) is 6.54 Å². The molecule has 1 atom stereocenters. The monoisotopic (exact) mass is 191 g/mol. The normalized spacial score (nSPS) is 13.1. The van der Waals surface area contributed by atoms with Crippen molar-refractivity contribution in [3.8, 4) is 0 Å². The van der Waals surface area contributed by atoms with Gasteiger partial charge in [-0.1, -0.05) is 13.8 Å². The second-order valence-corrected chi connectivity index (χ2v) is 4.26. The summed E-state index contributed by atoms with van der Waals surface area (Å²) in [5, 5.41) is 2.79. The van der Waals surface area contributed by atoms with Gasteiger partial charge in [0.2, 0.25) is 5.91 Å². The lowest BCUT2D eigenvalue weighted by Gasteiger charge is -2.07. The molecule has 3 heteroatoms. The molecular weight excluding hydrogens is 174 g/mol. The van der Waals surface area contributed by atoms with Crippen LogP contribution in [0.1, 0.15) is 33.6 Å². The van der Waals surface area contributed by atoms with Crippen molar-refractivity contribution in [3.63, 3.8) is 0 Å². The standard InChI is InChI=1S/C9H18ClNO/c1-7(2)4-5-9(12)11-6-8(3)10/h7-8H,4-6H2,1-3H3,(H,11,12). The molecule has 0 aliphatic rings. The molecule has 0 spiro atoms. The van der Waals surface area contributed by atoms with Gasteiger partial charge in [-0.3, -0.25) is 4.79 Å². The highest BCUT2D eigenvalue weighted by Gasteiger charge is 2.03. The zero-order valence-electron chi connectivity index (χ0n) is 8.06. The molecule has 0 saturated heterocycles. The van der Waals surface area contributed by atoms with Crippen LogP contribution in [-0.4, -0.2) is 17.8 Å². The molecular formula is C9H18ClNO. The van der Waals surface area contributed by atoms with Gasteiger partial charge in [0.05, 0.1) is 0 Å². The maximum Gasteiger partial charge on any atom is 0.220 e. The SMILES string of the molecule is CC(C)CCC(=O)NCC(C)Cl. The number of carbonyl (C=O) groups excluding carboxylic acids is 1. The van der Waals surface area contributed by atoms with E-state index >= 15 is 0 Å². The summed E-state index contributed by atoms with van der Waals surface area (Å²) >= 11 is 5.67. The molecule has 0 aromatic carbocycles. The minimum atomic E-state index is 0.0213. The van der Waals surface area contributed by atoms with Gasteiger partial charge in [0.15, 0.2) is 0 Å². The predicted octanol–water partition coefficient (Wildman–Crippen LogP) is 2.17. The van der Waals surface area contributed by atoms with E-state index in [2.05, 4.69) is 19.2 Å². The first kappa shape index (κ1) is 11.8. The van der Waals surface area contributed by atoms with Gasteiger partial charge >= 0.3 is 0 Å². The Hall–Kier alpha value is -0.240. The molecule has 0 fully saturated rings. The molecule has 0 aromatic heterocycles. The van der Waals surface area contributed by atoms with Crippen molar-refractivity contribution < 1.29 is 4.79 Å². The Balaban J connectivity index is 3.34. The number of amides is 1. The molecule has 1 unspecified atom stereocenters. The largest absolute Gasteiger partial charge is 0.355 e. The van der Waals surface area contributed by atoms with E-state index in [1.165, 1.54) is 0 Å². The summed E-state index contributed by atoms with van der Waals surface area (Å²) in [5.41, 5.74) is 0. The van der Waals surface area contributed by atoms with Crippen molar-refractivity contribution in [3.05, 3.63) is 0 Å². The summed E-state index contributed by atoms with van der Waals surface area (Å²) in [7, 11) is 0. The van der Waals surface area contributed by atoms with Gasteiger partial charge in [-0.15, -0.1) is 11.6 Å². The van der Waals surface area contributed by atoms with Gasteiger partial charge in [-0.05, 0) is 19.3 Å². The Morgan fingerprint density at radius 1 is 1.42 bits per heavy atom. The van der Waals surface area contributed by atoms with E-state index in [0.717, 1.165) is 6.42 Å². The van der Waals surface area contributed by atoms with Crippen LogP contribution in [0.25, 0.3) is 0 Å². The Bertz CT molecular complexity index is 120. The highest BCUT2D eigenvalue weighted by molar-refractivity contribution is 6.20. The topological polar surface area (TPSA) is 29.1 Å². The first-order valence-corrected chi connectivity index (χ1v) is 4.86. The average molecular weight is 192 g/mol. The zero-order chi connectivity index (χ0) is 9.56. The summed E-state index contributed by atoms with van der Waals surface area (Å²) in [6.45, 7) is 6.65. The lowest BCUT2D eigenvalue weighted by molar-refractivity contribution is -0.121. The molecule has 12 heavy (non-hydrogen) atoms. The third kappa shape index (κ3) is 7.86. The second kappa shape index (κ2) is 6.30. The summed E-state index contributed by atoms with van der Waals surface area (Å²) in [6.07, 6.45) is 1.56. The van der Waals surface area contributed by atoms with Crippen LogP contribution in [0.4, 0.5) is 0 Å². The molecule has 0 bridgehead atoms. The van der Waals surface area contributed by atoms with Crippen molar-refractivity contribution in [1.29, 1.82) is 0 Å². The molecule has 1 amide bonds. The van der Waals surface area contributed by atoms with Gasteiger partial charge in [-0.2, -0.15) is 0 Å². The summed E-state index contributed by atoms with van der Waals surface area (Å²) in [4.78, 5) is 11.1. The van der Waals surface area contributed by atoms with Crippen LogP contribution in [0.2, 0.25) is 0 Å². The van der Waals surface area contributed by atoms with Gasteiger partial charge in [0, 0.05) is 18.3 Å². The molecule has 0 aliphatic heterocycles. The van der Waals surface area contributed by atoms with Crippen molar-refractivity contribution in [1.82, 2.24) is 5.32 Å². The predicted molar refractivity (Wildman–Crippen MR) is 52.4 cm³/mol. The van der Waals surface area contributed by atoms with Crippen molar-refractivity contribution >= 4 is 17.5 Å². The number of alkyl halides is 1. The van der Waals surface area contributed by atoms with E-state index in [1.54, 1.807) is 0 Å². The number of rotatable bonds is 5. The van der Waals surface area contributed by atoms with Crippen LogP contribution in [0, 0.1) is 5.92 Å². The van der Waals surface area contributed by atoms with E-state index in [-0.39, 0.29) is 11.3 Å². The number of halogens is 1. The first-order valence-electron chi connectivity index (χ1n) is 4.43. The fourth-order valence-electron chi connectivity index (χ4n) is 0.763. The summed E-state index contributed by atoms with van der Waals surface area (Å²) in [5.74, 6) is 0.695. The number of nitrogens with one attached hydrogen (secondary N) is 1.